The molecule has 6 nitrogen and oxygen atoms in total. The zero-order valence-corrected chi connectivity index (χ0v) is 12.8. The lowest BCUT2D eigenvalue weighted by atomic mass is 10.2. The maximum atomic E-state index is 4.46. The molecule has 1 N–H and O–H groups in total. The quantitative estimate of drug-likeness (QED) is 0.834. The Balaban J connectivity index is 2.10. The van der Waals surface area contributed by atoms with E-state index in [0.717, 1.165) is 25.5 Å². The van der Waals surface area contributed by atoms with Gasteiger partial charge in [-0.25, -0.2) is 9.67 Å². The number of nitrogens with zero attached hydrogens (tertiary/aromatic N) is 5. The minimum Gasteiger partial charge on any atom is -0.313 e. The van der Waals surface area contributed by atoms with Crippen molar-refractivity contribution in [2.24, 2.45) is 5.92 Å². The van der Waals surface area contributed by atoms with Crippen molar-refractivity contribution in [1.29, 1.82) is 0 Å². The third kappa shape index (κ3) is 3.45. The number of hydrogen-bond acceptors (Lipinski definition) is 4. The zero-order valence-electron chi connectivity index (χ0n) is 12.8. The Hall–Kier alpha value is -1.69. The van der Waals surface area contributed by atoms with Crippen molar-refractivity contribution in [3.05, 3.63) is 29.6 Å². The molecule has 110 valence electrons. The summed E-state index contributed by atoms with van der Waals surface area (Å²) in [4.78, 5) is 4.35. The maximum absolute atomic E-state index is 4.46. The van der Waals surface area contributed by atoms with Crippen molar-refractivity contribution in [2.75, 3.05) is 6.54 Å². The van der Waals surface area contributed by atoms with Gasteiger partial charge in [0.15, 0.2) is 0 Å². The monoisotopic (exact) mass is 276 g/mol. The van der Waals surface area contributed by atoms with E-state index in [1.54, 1.807) is 6.33 Å². The van der Waals surface area contributed by atoms with Gasteiger partial charge in [-0.05, 0) is 19.4 Å². The average Bonchev–Trinajstić information content (AvgIpc) is 2.96. The van der Waals surface area contributed by atoms with Gasteiger partial charge in [0.1, 0.15) is 18.7 Å². The lowest BCUT2D eigenvalue weighted by Gasteiger charge is -2.10. The van der Waals surface area contributed by atoms with Gasteiger partial charge in [0, 0.05) is 24.3 Å². The van der Waals surface area contributed by atoms with Gasteiger partial charge in [0.2, 0.25) is 0 Å². The molecule has 0 radical (unpaired) electrons. The Morgan fingerprint density at radius 3 is 2.75 bits per heavy atom. The first-order valence-electron chi connectivity index (χ1n) is 7.20. The van der Waals surface area contributed by atoms with Crippen LogP contribution >= 0.6 is 0 Å². The summed E-state index contributed by atoms with van der Waals surface area (Å²) in [5.41, 5.74) is 2.42. The van der Waals surface area contributed by atoms with Gasteiger partial charge >= 0.3 is 0 Å². The molecule has 6 heteroatoms. The predicted octanol–water partition coefficient (Wildman–Crippen LogP) is 1.60. The molecule has 0 aliphatic heterocycles. The molecule has 0 aliphatic carbocycles. The van der Waals surface area contributed by atoms with Crippen LogP contribution in [0.2, 0.25) is 0 Å². The molecule has 0 fully saturated rings. The summed E-state index contributed by atoms with van der Waals surface area (Å²) in [6, 6.07) is 0. The van der Waals surface area contributed by atoms with E-state index in [1.165, 1.54) is 11.3 Å². The minimum absolute atomic E-state index is 0.554. The summed E-state index contributed by atoms with van der Waals surface area (Å²) < 4.78 is 3.96. The molecule has 2 aromatic rings. The fraction of sp³-hybridized carbons (Fsp3) is 0.643. The molecule has 0 saturated carbocycles. The van der Waals surface area contributed by atoms with Crippen LogP contribution in [0.1, 0.15) is 37.9 Å². The van der Waals surface area contributed by atoms with Crippen molar-refractivity contribution >= 4 is 0 Å². The molecule has 0 bridgehead atoms. The molecule has 0 atom stereocenters. The first-order valence-corrected chi connectivity index (χ1v) is 7.20. The standard InChI is InChI=1S/C14H24N6/c1-5-15-6-13-7-17-19(12(13)4)9-14-16-10-18-20(14)8-11(2)3/h7,10-11,15H,5-6,8-9H2,1-4H3. The first kappa shape index (κ1) is 14.7. The largest absolute Gasteiger partial charge is 0.313 e. The SMILES string of the molecule is CCNCc1cnn(Cc2ncnn2CC(C)C)c1C. The summed E-state index contributed by atoms with van der Waals surface area (Å²) >= 11 is 0. The highest BCUT2D eigenvalue weighted by atomic mass is 15.4. The van der Waals surface area contributed by atoms with E-state index in [-0.39, 0.29) is 0 Å². The van der Waals surface area contributed by atoms with Crippen LogP contribution in [-0.2, 0) is 19.6 Å². The molecular weight excluding hydrogens is 252 g/mol. The molecule has 20 heavy (non-hydrogen) atoms. The van der Waals surface area contributed by atoms with E-state index in [1.807, 2.05) is 15.6 Å². The molecule has 2 aromatic heterocycles. The molecule has 0 unspecified atom stereocenters. The molecule has 0 aromatic carbocycles. The van der Waals surface area contributed by atoms with Crippen molar-refractivity contribution in [3.63, 3.8) is 0 Å². The maximum Gasteiger partial charge on any atom is 0.148 e. The van der Waals surface area contributed by atoms with E-state index in [9.17, 15) is 0 Å². The van der Waals surface area contributed by atoms with Crippen molar-refractivity contribution in [1.82, 2.24) is 29.9 Å². The highest BCUT2D eigenvalue weighted by Gasteiger charge is 2.11. The second-order valence-electron chi connectivity index (χ2n) is 5.45. The molecule has 0 spiro atoms. The molecule has 0 aliphatic rings. The second kappa shape index (κ2) is 6.65. The number of nitrogens with one attached hydrogen (secondary N) is 1. The van der Waals surface area contributed by atoms with Crippen LogP contribution in [-0.4, -0.2) is 31.1 Å². The highest BCUT2D eigenvalue weighted by Crippen LogP contribution is 2.09. The van der Waals surface area contributed by atoms with Gasteiger partial charge < -0.3 is 5.32 Å². The van der Waals surface area contributed by atoms with Crippen molar-refractivity contribution in [3.8, 4) is 0 Å². The fourth-order valence-electron chi connectivity index (χ4n) is 2.12. The van der Waals surface area contributed by atoms with Gasteiger partial charge in [0.25, 0.3) is 0 Å². The minimum atomic E-state index is 0.554. The number of aromatic nitrogens is 5. The summed E-state index contributed by atoms with van der Waals surface area (Å²) in [6.07, 6.45) is 3.55. The Morgan fingerprint density at radius 2 is 2.05 bits per heavy atom. The second-order valence-corrected chi connectivity index (χ2v) is 5.45. The van der Waals surface area contributed by atoms with Crippen LogP contribution in [0, 0.1) is 12.8 Å². The molecule has 0 saturated heterocycles. The molecule has 2 rings (SSSR count). The van der Waals surface area contributed by atoms with E-state index >= 15 is 0 Å². The third-order valence-electron chi connectivity index (χ3n) is 3.30. The molecule has 2 heterocycles. The molecule has 0 amide bonds. The van der Waals surface area contributed by atoms with Gasteiger partial charge in [0.05, 0.1) is 6.20 Å². The Kier molecular flexibility index (Phi) is 4.89. The van der Waals surface area contributed by atoms with E-state index < -0.39 is 0 Å². The summed E-state index contributed by atoms with van der Waals surface area (Å²) in [5.74, 6) is 1.51. The number of hydrogen-bond donors (Lipinski definition) is 1. The van der Waals surface area contributed by atoms with Crippen LogP contribution in [0.5, 0.6) is 0 Å². The summed E-state index contributed by atoms with van der Waals surface area (Å²) in [5, 5.41) is 12.1. The average molecular weight is 276 g/mol. The summed E-state index contributed by atoms with van der Waals surface area (Å²) in [6.45, 7) is 12.0. The van der Waals surface area contributed by atoms with E-state index in [4.69, 9.17) is 0 Å². The molecular formula is C14H24N6. The van der Waals surface area contributed by atoms with Crippen LogP contribution < -0.4 is 5.32 Å². The topological polar surface area (TPSA) is 60.6 Å². The van der Waals surface area contributed by atoms with Gasteiger partial charge in [-0.1, -0.05) is 20.8 Å². The van der Waals surface area contributed by atoms with Crippen LogP contribution in [0.4, 0.5) is 0 Å². The van der Waals surface area contributed by atoms with Crippen LogP contribution in [0.15, 0.2) is 12.5 Å². The number of rotatable bonds is 7. The summed E-state index contributed by atoms with van der Waals surface area (Å²) in [7, 11) is 0. The predicted molar refractivity (Wildman–Crippen MR) is 78.3 cm³/mol. The van der Waals surface area contributed by atoms with Gasteiger partial charge in [-0.2, -0.15) is 10.2 Å². The first-order chi connectivity index (χ1) is 9.61. The highest BCUT2D eigenvalue weighted by molar-refractivity contribution is 5.16. The fourth-order valence-corrected chi connectivity index (χ4v) is 2.12. The van der Waals surface area contributed by atoms with Crippen LogP contribution in [0.25, 0.3) is 0 Å². The van der Waals surface area contributed by atoms with Gasteiger partial charge in [-0.3, -0.25) is 4.68 Å². The Labute approximate surface area is 120 Å². The Morgan fingerprint density at radius 1 is 1.25 bits per heavy atom. The van der Waals surface area contributed by atoms with Crippen molar-refractivity contribution in [2.45, 2.75) is 47.3 Å². The third-order valence-corrected chi connectivity index (χ3v) is 3.30. The Bertz CT molecular complexity index is 540. The van der Waals surface area contributed by atoms with E-state index in [2.05, 4.69) is 48.2 Å². The van der Waals surface area contributed by atoms with Crippen molar-refractivity contribution < 1.29 is 0 Å². The normalized spacial score (nSPS) is 11.4. The lowest BCUT2D eigenvalue weighted by molar-refractivity contribution is 0.455. The van der Waals surface area contributed by atoms with E-state index in [0.29, 0.717) is 12.5 Å². The van der Waals surface area contributed by atoms with Crippen LogP contribution in [0.3, 0.4) is 0 Å². The lowest BCUT2D eigenvalue weighted by Crippen LogP contribution is -2.15. The van der Waals surface area contributed by atoms with Gasteiger partial charge in [-0.15, -0.1) is 0 Å². The zero-order chi connectivity index (χ0) is 14.5. The smallest absolute Gasteiger partial charge is 0.148 e.